The molecule has 0 heterocycles. The van der Waals surface area contributed by atoms with Crippen LogP contribution < -0.4 is 11.1 Å². The van der Waals surface area contributed by atoms with Gasteiger partial charge < -0.3 is 20.9 Å². The van der Waals surface area contributed by atoms with Crippen LogP contribution in [0, 0.1) is 6.92 Å². The molecule has 0 aliphatic carbocycles. The van der Waals surface area contributed by atoms with E-state index < -0.39 is 0 Å². The number of carbonyl (C=O) groups is 1. The second kappa shape index (κ2) is 6.98. The summed E-state index contributed by atoms with van der Waals surface area (Å²) in [5, 5.41) is 11.9. The third kappa shape index (κ3) is 4.01. The van der Waals surface area contributed by atoms with Crippen molar-refractivity contribution in [3.8, 4) is 0 Å². The van der Waals surface area contributed by atoms with Crippen molar-refractivity contribution >= 4 is 11.6 Å². The van der Waals surface area contributed by atoms with Crippen LogP contribution in [0.15, 0.2) is 18.2 Å². The lowest BCUT2D eigenvalue weighted by atomic mass is 10.1. The van der Waals surface area contributed by atoms with E-state index >= 15 is 0 Å². The summed E-state index contributed by atoms with van der Waals surface area (Å²) in [7, 11) is 1.58. The molecular weight excluding hydrogens is 232 g/mol. The van der Waals surface area contributed by atoms with E-state index in [1.54, 1.807) is 25.3 Å². The summed E-state index contributed by atoms with van der Waals surface area (Å²) in [5.74, 6) is -0.239. The number of rotatable bonds is 6. The lowest BCUT2D eigenvalue weighted by molar-refractivity contribution is 0.0895. The number of nitrogen functional groups attached to an aromatic ring is 1. The zero-order valence-electron chi connectivity index (χ0n) is 10.8. The molecule has 0 radical (unpaired) electrons. The largest absolute Gasteiger partial charge is 0.398 e. The molecule has 0 saturated heterocycles. The van der Waals surface area contributed by atoms with Gasteiger partial charge in [-0.2, -0.15) is 0 Å². The van der Waals surface area contributed by atoms with Crippen molar-refractivity contribution in [2.75, 3.05) is 26.1 Å². The van der Waals surface area contributed by atoms with E-state index in [1.165, 1.54) is 0 Å². The van der Waals surface area contributed by atoms with Crippen molar-refractivity contribution in [2.24, 2.45) is 0 Å². The normalized spacial score (nSPS) is 12.2. The van der Waals surface area contributed by atoms with Crippen LogP contribution in [0.4, 0.5) is 5.69 Å². The Labute approximate surface area is 107 Å². The Morgan fingerprint density at radius 3 is 2.83 bits per heavy atom. The monoisotopic (exact) mass is 252 g/mol. The van der Waals surface area contributed by atoms with Crippen molar-refractivity contribution in [1.82, 2.24) is 5.32 Å². The lowest BCUT2D eigenvalue weighted by Gasteiger charge is -2.16. The maximum absolute atomic E-state index is 11.9. The van der Waals surface area contributed by atoms with Crippen molar-refractivity contribution in [3.63, 3.8) is 0 Å². The van der Waals surface area contributed by atoms with E-state index in [-0.39, 0.29) is 18.6 Å². The van der Waals surface area contributed by atoms with Crippen molar-refractivity contribution in [1.29, 1.82) is 0 Å². The van der Waals surface area contributed by atoms with Gasteiger partial charge in [0.2, 0.25) is 0 Å². The quantitative estimate of drug-likeness (QED) is 0.651. The second-order valence-corrected chi connectivity index (χ2v) is 4.21. The van der Waals surface area contributed by atoms with Gasteiger partial charge in [-0.25, -0.2) is 0 Å². The van der Waals surface area contributed by atoms with Crippen LogP contribution in [0.3, 0.4) is 0 Å². The van der Waals surface area contributed by atoms with E-state index in [0.717, 1.165) is 5.56 Å². The minimum absolute atomic E-state index is 0.115. The highest BCUT2D eigenvalue weighted by atomic mass is 16.5. The van der Waals surface area contributed by atoms with Gasteiger partial charge in [0.1, 0.15) is 0 Å². The number of nitrogens with one attached hydrogen (secondary N) is 1. The minimum atomic E-state index is -0.306. The summed E-state index contributed by atoms with van der Waals surface area (Å²) >= 11 is 0. The number of hydrogen-bond acceptors (Lipinski definition) is 4. The molecule has 0 saturated carbocycles. The van der Waals surface area contributed by atoms with Crippen molar-refractivity contribution in [3.05, 3.63) is 29.3 Å². The Morgan fingerprint density at radius 2 is 2.28 bits per heavy atom. The molecular formula is C13H20N2O3. The van der Waals surface area contributed by atoms with Gasteiger partial charge in [0.05, 0.1) is 12.6 Å². The van der Waals surface area contributed by atoms with Crippen molar-refractivity contribution < 1.29 is 14.6 Å². The molecule has 100 valence electrons. The number of ether oxygens (including phenoxy) is 1. The Bertz CT molecular complexity index is 407. The Hall–Kier alpha value is -1.59. The van der Waals surface area contributed by atoms with Crippen LogP contribution in [-0.2, 0) is 4.74 Å². The van der Waals surface area contributed by atoms with E-state index in [4.69, 9.17) is 15.6 Å². The SMILES string of the molecule is COCCC(CO)NC(=O)c1ccc(C)c(N)c1. The highest BCUT2D eigenvalue weighted by molar-refractivity contribution is 5.95. The van der Waals surface area contributed by atoms with Gasteiger partial charge in [0.15, 0.2) is 0 Å². The van der Waals surface area contributed by atoms with Gasteiger partial charge in [-0.05, 0) is 31.0 Å². The predicted octanol–water partition coefficient (Wildman–Crippen LogP) is 0.704. The van der Waals surface area contributed by atoms with Gasteiger partial charge in [-0.3, -0.25) is 4.79 Å². The molecule has 0 aromatic heterocycles. The summed E-state index contributed by atoms with van der Waals surface area (Å²) in [6.07, 6.45) is 0.570. The van der Waals surface area contributed by atoms with E-state index in [9.17, 15) is 4.79 Å². The molecule has 1 aromatic carbocycles. The number of anilines is 1. The third-order valence-electron chi connectivity index (χ3n) is 2.77. The first-order chi connectivity index (χ1) is 8.58. The second-order valence-electron chi connectivity index (χ2n) is 4.21. The first-order valence-corrected chi connectivity index (χ1v) is 5.85. The van der Waals surface area contributed by atoms with Crippen LogP contribution in [0.1, 0.15) is 22.3 Å². The van der Waals surface area contributed by atoms with Gasteiger partial charge in [0, 0.05) is 25.0 Å². The Balaban J connectivity index is 2.65. The molecule has 4 N–H and O–H groups in total. The zero-order chi connectivity index (χ0) is 13.5. The zero-order valence-corrected chi connectivity index (χ0v) is 10.8. The van der Waals surface area contributed by atoms with Crippen LogP contribution >= 0.6 is 0 Å². The highest BCUT2D eigenvalue weighted by Crippen LogP contribution is 2.13. The van der Waals surface area contributed by atoms with Gasteiger partial charge in [-0.1, -0.05) is 6.07 Å². The molecule has 0 aliphatic heterocycles. The van der Waals surface area contributed by atoms with Crippen molar-refractivity contribution in [2.45, 2.75) is 19.4 Å². The number of aliphatic hydroxyl groups excluding tert-OH is 1. The van der Waals surface area contributed by atoms with Crippen LogP contribution in [0.5, 0.6) is 0 Å². The van der Waals surface area contributed by atoms with Crippen LogP contribution in [-0.4, -0.2) is 37.4 Å². The molecule has 18 heavy (non-hydrogen) atoms. The van der Waals surface area contributed by atoms with E-state index in [1.807, 2.05) is 6.92 Å². The third-order valence-corrected chi connectivity index (χ3v) is 2.77. The Kier molecular flexibility index (Phi) is 5.61. The summed E-state index contributed by atoms with van der Waals surface area (Å²) in [6, 6.07) is 4.84. The highest BCUT2D eigenvalue weighted by Gasteiger charge is 2.13. The topological polar surface area (TPSA) is 84.6 Å². The number of nitrogens with two attached hydrogens (primary N) is 1. The standard InChI is InChI=1S/C13H20N2O3/c1-9-3-4-10(7-12(9)14)13(17)15-11(8-16)5-6-18-2/h3-4,7,11,16H,5-6,8,14H2,1-2H3,(H,15,17). The number of aliphatic hydroxyl groups is 1. The maximum Gasteiger partial charge on any atom is 0.251 e. The molecule has 1 aromatic rings. The number of benzene rings is 1. The number of amides is 1. The summed E-state index contributed by atoms with van der Waals surface area (Å²) in [5.41, 5.74) is 7.77. The molecule has 0 aliphatic rings. The fourth-order valence-electron chi connectivity index (χ4n) is 1.52. The predicted molar refractivity (Wildman–Crippen MR) is 70.4 cm³/mol. The molecule has 0 spiro atoms. The number of aryl methyl sites for hydroxylation is 1. The maximum atomic E-state index is 11.9. The summed E-state index contributed by atoms with van der Waals surface area (Å²) in [4.78, 5) is 11.9. The lowest BCUT2D eigenvalue weighted by Crippen LogP contribution is -2.38. The fourth-order valence-corrected chi connectivity index (χ4v) is 1.52. The average molecular weight is 252 g/mol. The Morgan fingerprint density at radius 1 is 1.56 bits per heavy atom. The van der Waals surface area contributed by atoms with E-state index in [0.29, 0.717) is 24.3 Å². The number of hydrogen-bond donors (Lipinski definition) is 3. The van der Waals surface area contributed by atoms with Gasteiger partial charge >= 0.3 is 0 Å². The summed E-state index contributed by atoms with van der Waals surface area (Å²) < 4.78 is 4.91. The summed E-state index contributed by atoms with van der Waals surface area (Å²) in [6.45, 7) is 2.25. The molecule has 0 fully saturated rings. The van der Waals surface area contributed by atoms with E-state index in [2.05, 4.69) is 5.32 Å². The molecule has 1 rings (SSSR count). The number of methoxy groups -OCH3 is 1. The smallest absolute Gasteiger partial charge is 0.251 e. The minimum Gasteiger partial charge on any atom is -0.398 e. The average Bonchev–Trinajstić information content (AvgIpc) is 2.37. The molecule has 0 bridgehead atoms. The molecule has 5 nitrogen and oxygen atoms in total. The number of carbonyl (C=O) groups excluding carboxylic acids is 1. The first kappa shape index (κ1) is 14.5. The van der Waals surface area contributed by atoms with Gasteiger partial charge in [0.25, 0.3) is 5.91 Å². The fraction of sp³-hybridized carbons (Fsp3) is 0.462. The first-order valence-electron chi connectivity index (χ1n) is 5.85. The molecule has 5 heteroatoms. The van der Waals surface area contributed by atoms with Gasteiger partial charge in [-0.15, -0.1) is 0 Å². The van der Waals surface area contributed by atoms with Crippen LogP contribution in [0.2, 0.25) is 0 Å². The van der Waals surface area contributed by atoms with Crippen LogP contribution in [0.25, 0.3) is 0 Å². The molecule has 1 unspecified atom stereocenters. The molecule has 1 atom stereocenters. The molecule has 1 amide bonds.